The fraction of sp³-hybridized carbons (Fsp3) is 0.476. The first-order chi connectivity index (χ1) is 14.1. The van der Waals surface area contributed by atoms with E-state index in [1.807, 2.05) is 56.8 Å². The smallest absolute Gasteiger partial charge is 0.224 e. The van der Waals surface area contributed by atoms with Crippen LogP contribution in [0.1, 0.15) is 23.7 Å². The molecule has 0 saturated carbocycles. The first-order valence-corrected chi connectivity index (χ1v) is 9.90. The summed E-state index contributed by atoms with van der Waals surface area (Å²) in [6.07, 6.45) is 4.20. The van der Waals surface area contributed by atoms with Crippen LogP contribution in [-0.4, -0.2) is 71.8 Å². The molecule has 2 aromatic rings. The molecule has 30 heavy (non-hydrogen) atoms. The van der Waals surface area contributed by atoms with E-state index in [1.165, 1.54) is 0 Å². The summed E-state index contributed by atoms with van der Waals surface area (Å²) in [5.41, 5.74) is 2.19. The van der Waals surface area contributed by atoms with Gasteiger partial charge >= 0.3 is 0 Å². The Morgan fingerprint density at radius 2 is 2.13 bits per heavy atom. The highest BCUT2D eigenvalue weighted by molar-refractivity contribution is 14.0. The Balaban J connectivity index is 0.00000320. The number of carbonyl (C=O) groups is 1. The minimum Gasteiger partial charge on any atom is -0.370 e. The fourth-order valence-corrected chi connectivity index (χ4v) is 3.40. The van der Waals surface area contributed by atoms with E-state index in [2.05, 4.69) is 20.3 Å². The first-order valence-electron chi connectivity index (χ1n) is 9.90. The predicted octanol–water partition coefficient (Wildman–Crippen LogP) is 2.04. The first kappa shape index (κ1) is 24.1. The highest BCUT2D eigenvalue weighted by Crippen LogP contribution is 2.21. The van der Waals surface area contributed by atoms with Crippen molar-refractivity contribution in [3.8, 4) is 0 Å². The molecule has 1 aromatic carbocycles. The molecule has 1 N–H and O–H groups in total. The number of nitrogens with zero attached hydrogens (tertiary/aromatic N) is 5. The zero-order chi connectivity index (χ0) is 20.6. The second kappa shape index (κ2) is 11.9. The van der Waals surface area contributed by atoms with Gasteiger partial charge in [-0.05, 0) is 5.56 Å². The molecule has 1 unspecified atom stereocenters. The molecule has 0 bridgehead atoms. The van der Waals surface area contributed by atoms with E-state index in [-0.39, 0.29) is 36.0 Å². The van der Waals surface area contributed by atoms with Crippen molar-refractivity contribution in [1.29, 1.82) is 0 Å². The van der Waals surface area contributed by atoms with Gasteiger partial charge in [-0.15, -0.1) is 24.0 Å². The van der Waals surface area contributed by atoms with Crippen LogP contribution in [0.4, 0.5) is 0 Å². The molecule has 0 aliphatic carbocycles. The van der Waals surface area contributed by atoms with Crippen molar-refractivity contribution >= 4 is 35.8 Å². The van der Waals surface area contributed by atoms with E-state index >= 15 is 0 Å². The molecular weight excluding hydrogens is 495 g/mol. The van der Waals surface area contributed by atoms with Crippen LogP contribution in [0, 0.1) is 0 Å². The molecular formula is C21H31IN6O2. The highest BCUT2D eigenvalue weighted by atomic mass is 127. The van der Waals surface area contributed by atoms with Crippen LogP contribution in [0.2, 0.25) is 0 Å². The number of ether oxygens (including phenoxy) is 1. The lowest BCUT2D eigenvalue weighted by Crippen LogP contribution is -2.48. The lowest BCUT2D eigenvalue weighted by Gasteiger charge is -2.34. The molecule has 0 radical (unpaired) electrons. The zero-order valence-electron chi connectivity index (χ0n) is 17.8. The van der Waals surface area contributed by atoms with Crippen LogP contribution in [0.25, 0.3) is 0 Å². The lowest BCUT2D eigenvalue weighted by atomic mass is 10.1. The third-order valence-corrected chi connectivity index (χ3v) is 4.98. The average Bonchev–Trinajstić information content (AvgIpc) is 3.18. The Hall–Kier alpha value is -2.14. The third kappa shape index (κ3) is 6.69. The van der Waals surface area contributed by atoms with Crippen molar-refractivity contribution in [2.45, 2.75) is 19.1 Å². The number of carbonyl (C=O) groups excluding carboxylic acids is 1. The molecule has 1 fully saturated rings. The molecule has 9 heteroatoms. The second-order valence-corrected chi connectivity index (χ2v) is 7.21. The lowest BCUT2D eigenvalue weighted by molar-refractivity contribution is -0.130. The molecule has 1 aliphatic heterocycles. The number of rotatable bonds is 6. The van der Waals surface area contributed by atoms with Gasteiger partial charge in [-0.2, -0.15) is 5.10 Å². The fourth-order valence-electron chi connectivity index (χ4n) is 3.40. The number of hydrogen-bond donors (Lipinski definition) is 1. The van der Waals surface area contributed by atoms with Gasteiger partial charge in [-0.3, -0.25) is 14.5 Å². The summed E-state index contributed by atoms with van der Waals surface area (Å²) in [5, 5.41) is 7.55. The van der Waals surface area contributed by atoms with E-state index in [4.69, 9.17) is 4.74 Å². The number of benzene rings is 1. The molecule has 1 atom stereocenters. The monoisotopic (exact) mass is 526 g/mol. The van der Waals surface area contributed by atoms with Gasteiger partial charge in [0.05, 0.1) is 19.3 Å². The van der Waals surface area contributed by atoms with E-state index in [1.54, 1.807) is 16.6 Å². The summed E-state index contributed by atoms with van der Waals surface area (Å²) >= 11 is 0. The zero-order valence-corrected chi connectivity index (χ0v) is 20.2. The molecule has 164 valence electrons. The van der Waals surface area contributed by atoms with Crippen molar-refractivity contribution in [2.24, 2.45) is 12.0 Å². The van der Waals surface area contributed by atoms with Gasteiger partial charge < -0.3 is 19.9 Å². The van der Waals surface area contributed by atoms with Gasteiger partial charge in [-0.25, -0.2) is 0 Å². The normalized spacial score (nSPS) is 16.7. The summed E-state index contributed by atoms with van der Waals surface area (Å²) in [5.74, 6) is 0.896. The Bertz CT molecular complexity index is 826. The summed E-state index contributed by atoms with van der Waals surface area (Å²) in [7, 11) is 5.50. The number of aromatic nitrogens is 2. The van der Waals surface area contributed by atoms with Crippen LogP contribution < -0.4 is 5.32 Å². The number of aliphatic imine (C=N–C) groups is 1. The van der Waals surface area contributed by atoms with E-state index < -0.39 is 0 Å². The van der Waals surface area contributed by atoms with Crippen molar-refractivity contribution < 1.29 is 9.53 Å². The number of morpholine rings is 1. The highest BCUT2D eigenvalue weighted by Gasteiger charge is 2.25. The van der Waals surface area contributed by atoms with Gasteiger partial charge in [0.15, 0.2) is 5.96 Å². The number of guanidine groups is 1. The number of halogens is 1. The minimum atomic E-state index is -0.0327. The summed E-state index contributed by atoms with van der Waals surface area (Å²) in [4.78, 5) is 20.7. The average molecular weight is 526 g/mol. The molecule has 3 rings (SSSR count). The molecule has 1 aromatic heterocycles. The third-order valence-electron chi connectivity index (χ3n) is 4.98. The number of nitrogens with one attached hydrogen (secondary N) is 1. The topological polar surface area (TPSA) is 75.0 Å². The van der Waals surface area contributed by atoms with Gasteiger partial charge in [0, 0.05) is 59.0 Å². The van der Waals surface area contributed by atoms with Gasteiger partial charge in [-0.1, -0.05) is 30.3 Å². The quantitative estimate of drug-likeness (QED) is 0.355. The standard InChI is InChI=1S/C21H30N6O2.HI/c1-22-21(27-11-12-29-19(16-27)18-13-24-26(3)15-18)23-10-9-20(28)25(2)14-17-7-5-4-6-8-17;/h4-8,13,15,19H,9-12,14,16H2,1-3H3,(H,22,23);1H. The summed E-state index contributed by atoms with van der Waals surface area (Å²) < 4.78 is 7.67. The van der Waals surface area contributed by atoms with Gasteiger partial charge in [0.25, 0.3) is 0 Å². The van der Waals surface area contributed by atoms with Crippen LogP contribution in [0.3, 0.4) is 0 Å². The van der Waals surface area contributed by atoms with Crippen LogP contribution in [0.5, 0.6) is 0 Å². The van der Waals surface area contributed by atoms with Crippen LogP contribution in [-0.2, 0) is 23.1 Å². The van der Waals surface area contributed by atoms with Gasteiger partial charge in [0.2, 0.25) is 5.91 Å². The van der Waals surface area contributed by atoms with Crippen molar-refractivity contribution in [3.05, 3.63) is 53.9 Å². The van der Waals surface area contributed by atoms with Crippen LogP contribution >= 0.6 is 24.0 Å². The Kier molecular flexibility index (Phi) is 9.57. The van der Waals surface area contributed by atoms with E-state index in [0.717, 1.165) is 23.6 Å². The number of aryl methyl sites for hydroxylation is 1. The molecule has 1 saturated heterocycles. The van der Waals surface area contributed by atoms with Crippen LogP contribution in [0.15, 0.2) is 47.7 Å². The maximum atomic E-state index is 12.4. The van der Waals surface area contributed by atoms with Crippen molar-refractivity contribution in [2.75, 3.05) is 40.3 Å². The largest absolute Gasteiger partial charge is 0.370 e. The molecule has 2 heterocycles. The molecule has 8 nitrogen and oxygen atoms in total. The molecule has 0 spiro atoms. The molecule has 1 aliphatic rings. The second-order valence-electron chi connectivity index (χ2n) is 7.21. The Labute approximate surface area is 195 Å². The van der Waals surface area contributed by atoms with Crippen molar-refractivity contribution in [3.63, 3.8) is 0 Å². The number of hydrogen-bond acceptors (Lipinski definition) is 4. The van der Waals surface area contributed by atoms with E-state index in [9.17, 15) is 4.79 Å². The Morgan fingerprint density at radius 3 is 2.80 bits per heavy atom. The predicted molar refractivity (Wildman–Crippen MR) is 128 cm³/mol. The molecule has 1 amide bonds. The Morgan fingerprint density at radius 1 is 1.37 bits per heavy atom. The van der Waals surface area contributed by atoms with E-state index in [0.29, 0.717) is 32.7 Å². The maximum absolute atomic E-state index is 12.4. The summed E-state index contributed by atoms with van der Waals surface area (Å²) in [6, 6.07) is 10.0. The van der Waals surface area contributed by atoms with Crippen molar-refractivity contribution in [1.82, 2.24) is 24.9 Å². The number of amides is 1. The minimum absolute atomic E-state index is 0. The summed E-state index contributed by atoms with van der Waals surface area (Å²) in [6.45, 7) is 3.24. The SMILES string of the molecule is CN=C(NCCC(=O)N(C)Cc1ccccc1)N1CCOC(c2cnn(C)c2)C1.I. The van der Waals surface area contributed by atoms with Gasteiger partial charge in [0.1, 0.15) is 6.10 Å². The maximum Gasteiger partial charge on any atom is 0.224 e.